The summed E-state index contributed by atoms with van der Waals surface area (Å²) in [6.07, 6.45) is 1.26. The van der Waals surface area contributed by atoms with Gasteiger partial charge in [-0.3, -0.25) is 0 Å². The van der Waals surface area contributed by atoms with Crippen molar-refractivity contribution in [2.75, 3.05) is 20.7 Å². The Morgan fingerprint density at radius 2 is 2.06 bits per heavy atom. The number of urea groups is 1. The lowest BCUT2D eigenvalue weighted by Gasteiger charge is -2.30. The molecule has 1 rings (SSSR count). The van der Waals surface area contributed by atoms with Gasteiger partial charge in [0.2, 0.25) is 0 Å². The van der Waals surface area contributed by atoms with E-state index in [0.29, 0.717) is 19.4 Å². The number of ether oxygens (including phenoxy) is 1. The van der Waals surface area contributed by atoms with Crippen LogP contribution in [0.3, 0.4) is 0 Å². The van der Waals surface area contributed by atoms with Gasteiger partial charge >= 0.3 is 18.0 Å². The van der Waals surface area contributed by atoms with Gasteiger partial charge in [-0.2, -0.15) is 0 Å². The van der Waals surface area contributed by atoms with E-state index in [1.165, 1.54) is 26.0 Å². The third kappa shape index (κ3) is 2.72. The quantitative estimate of drug-likeness (QED) is 0.728. The first-order valence-corrected chi connectivity index (χ1v) is 5.74. The summed E-state index contributed by atoms with van der Waals surface area (Å²) in [5.74, 6) is -1.54. The van der Waals surface area contributed by atoms with Crippen LogP contribution in [0.25, 0.3) is 0 Å². The molecular weight excluding hydrogens is 240 g/mol. The Labute approximate surface area is 105 Å². The number of rotatable bonds is 3. The van der Waals surface area contributed by atoms with Crippen LogP contribution < -0.4 is 0 Å². The molecule has 1 N–H and O–H groups in total. The van der Waals surface area contributed by atoms with E-state index >= 15 is 0 Å². The van der Waals surface area contributed by atoms with E-state index in [0.717, 1.165) is 4.90 Å². The predicted molar refractivity (Wildman–Crippen MR) is 62.0 cm³/mol. The number of likely N-dealkylation sites (N-methyl/N-ethyl adjacent to an activating group) is 1. The minimum Gasteiger partial charge on any atom is -0.480 e. The number of carboxylic acids is 1. The molecule has 0 aromatic rings. The summed E-state index contributed by atoms with van der Waals surface area (Å²) in [6, 6.07) is -2.00. The van der Waals surface area contributed by atoms with Gasteiger partial charge in [0.25, 0.3) is 0 Å². The van der Waals surface area contributed by atoms with Crippen molar-refractivity contribution in [2.45, 2.75) is 31.8 Å². The molecule has 18 heavy (non-hydrogen) atoms. The molecule has 1 aliphatic rings. The number of nitrogens with zero attached hydrogens (tertiary/aromatic N) is 2. The normalized spacial score (nSPS) is 20.4. The van der Waals surface area contributed by atoms with E-state index in [1.54, 1.807) is 0 Å². The monoisotopic (exact) mass is 258 g/mol. The topological polar surface area (TPSA) is 87.2 Å². The molecule has 2 amide bonds. The van der Waals surface area contributed by atoms with Crippen LogP contribution in [0.15, 0.2) is 0 Å². The fraction of sp³-hybridized carbons (Fsp3) is 0.727. The smallest absolute Gasteiger partial charge is 0.328 e. The number of esters is 1. The molecule has 2 unspecified atom stereocenters. The zero-order chi connectivity index (χ0) is 13.9. The third-order valence-electron chi connectivity index (χ3n) is 3.21. The highest BCUT2D eigenvalue weighted by molar-refractivity contribution is 5.86. The summed E-state index contributed by atoms with van der Waals surface area (Å²) in [4.78, 5) is 36.9. The van der Waals surface area contributed by atoms with Crippen molar-refractivity contribution >= 4 is 18.0 Å². The number of carbonyl (C=O) groups is 3. The Kier molecular flexibility index (Phi) is 4.52. The average Bonchev–Trinajstić information content (AvgIpc) is 2.83. The largest absolute Gasteiger partial charge is 0.480 e. The summed E-state index contributed by atoms with van der Waals surface area (Å²) in [5, 5.41) is 8.86. The van der Waals surface area contributed by atoms with Gasteiger partial charge in [0.15, 0.2) is 0 Å². The van der Waals surface area contributed by atoms with Crippen molar-refractivity contribution in [3.05, 3.63) is 0 Å². The number of amides is 2. The van der Waals surface area contributed by atoms with Gasteiger partial charge in [-0.1, -0.05) is 0 Å². The van der Waals surface area contributed by atoms with Crippen LogP contribution >= 0.6 is 0 Å². The molecule has 1 saturated heterocycles. The number of methoxy groups -OCH3 is 1. The van der Waals surface area contributed by atoms with E-state index < -0.39 is 30.1 Å². The van der Waals surface area contributed by atoms with E-state index in [9.17, 15) is 14.4 Å². The summed E-state index contributed by atoms with van der Waals surface area (Å²) >= 11 is 0. The molecule has 0 saturated carbocycles. The van der Waals surface area contributed by atoms with Crippen LogP contribution in [0.5, 0.6) is 0 Å². The number of carbonyl (C=O) groups excluding carboxylic acids is 2. The fourth-order valence-corrected chi connectivity index (χ4v) is 1.91. The summed E-state index contributed by atoms with van der Waals surface area (Å²) in [7, 11) is 2.68. The van der Waals surface area contributed by atoms with Crippen LogP contribution in [-0.2, 0) is 14.3 Å². The molecule has 0 aromatic carbocycles. The first-order chi connectivity index (χ1) is 8.40. The van der Waals surface area contributed by atoms with E-state index in [1.807, 2.05) is 0 Å². The lowest BCUT2D eigenvalue weighted by molar-refractivity contribution is -0.145. The van der Waals surface area contributed by atoms with Gasteiger partial charge in [0.1, 0.15) is 12.1 Å². The zero-order valence-electron chi connectivity index (χ0n) is 10.8. The molecule has 102 valence electrons. The highest BCUT2D eigenvalue weighted by Crippen LogP contribution is 2.20. The standard InChI is InChI=1S/C11H18N2O5/c1-7(9(14)15)12(2)11(17)13-6-4-5-8(13)10(16)18-3/h7-8H,4-6H2,1-3H3,(H,14,15). The van der Waals surface area contributed by atoms with Crippen LogP contribution in [0.2, 0.25) is 0 Å². The van der Waals surface area contributed by atoms with Gasteiger partial charge in [-0.15, -0.1) is 0 Å². The molecular formula is C11H18N2O5. The number of hydrogen-bond acceptors (Lipinski definition) is 4. The highest BCUT2D eigenvalue weighted by Gasteiger charge is 2.37. The molecule has 0 aromatic heterocycles. The van der Waals surface area contributed by atoms with Gasteiger partial charge in [-0.05, 0) is 19.8 Å². The SMILES string of the molecule is COC(=O)C1CCCN1C(=O)N(C)C(C)C(=O)O. The Bertz CT molecular complexity index is 357. The zero-order valence-corrected chi connectivity index (χ0v) is 10.8. The second-order valence-electron chi connectivity index (χ2n) is 4.28. The van der Waals surface area contributed by atoms with Gasteiger partial charge in [0.05, 0.1) is 7.11 Å². The van der Waals surface area contributed by atoms with Crippen LogP contribution in [0, 0.1) is 0 Å². The minimum atomic E-state index is -1.08. The van der Waals surface area contributed by atoms with Crippen molar-refractivity contribution in [1.29, 1.82) is 0 Å². The molecule has 1 heterocycles. The van der Waals surface area contributed by atoms with E-state index in [2.05, 4.69) is 4.74 Å². The summed E-state index contributed by atoms with van der Waals surface area (Å²) in [5.41, 5.74) is 0. The van der Waals surface area contributed by atoms with E-state index in [-0.39, 0.29) is 0 Å². The molecule has 0 bridgehead atoms. The van der Waals surface area contributed by atoms with Crippen molar-refractivity contribution in [3.63, 3.8) is 0 Å². The Hall–Kier alpha value is -1.79. The van der Waals surface area contributed by atoms with Gasteiger partial charge in [-0.25, -0.2) is 14.4 Å². The number of carboxylic acid groups (broad SMARTS) is 1. The number of aliphatic carboxylic acids is 1. The van der Waals surface area contributed by atoms with E-state index in [4.69, 9.17) is 5.11 Å². The summed E-state index contributed by atoms with van der Waals surface area (Å²) in [6.45, 7) is 1.86. The van der Waals surface area contributed by atoms with Crippen molar-refractivity contribution in [2.24, 2.45) is 0 Å². The van der Waals surface area contributed by atoms with Crippen molar-refractivity contribution < 1.29 is 24.2 Å². The molecule has 2 atom stereocenters. The second kappa shape index (κ2) is 5.70. The molecule has 1 aliphatic heterocycles. The maximum Gasteiger partial charge on any atom is 0.328 e. The summed E-state index contributed by atoms with van der Waals surface area (Å²) < 4.78 is 4.63. The Morgan fingerprint density at radius 3 is 2.56 bits per heavy atom. The first kappa shape index (κ1) is 14.3. The number of hydrogen-bond donors (Lipinski definition) is 1. The van der Waals surface area contributed by atoms with Gasteiger partial charge < -0.3 is 19.6 Å². The lowest BCUT2D eigenvalue weighted by Crippen LogP contribution is -2.51. The van der Waals surface area contributed by atoms with Crippen LogP contribution in [0.4, 0.5) is 4.79 Å². The molecule has 0 radical (unpaired) electrons. The number of likely N-dealkylation sites (tertiary alicyclic amines) is 1. The van der Waals surface area contributed by atoms with Crippen LogP contribution in [0.1, 0.15) is 19.8 Å². The fourth-order valence-electron chi connectivity index (χ4n) is 1.91. The molecule has 0 spiro atoms. The molecule has 1 fully saturated rings. The predicted octanol–water partition coefficient (Wildman–Crippen LogP) is 0.149. The lowest BCUT2D eigenvalue weighted by atomic mass is 10.2. The molecule has 0 aliphatic carbocycles. The minimum absolute atomic E-state index is 0.440. The van der Waals surface area contributed by atoms with Gasteiger partial charge in [0, 0.05) is 13.6 Å². The average molecular weight is 258 g/mol. The van der Waals surface area contributed by atoms with Crippen molar-refractivity contribution in [3.8, 4) is 0 Å². The Morgan fingerprint density at radius 1 is 1.44 bits per heavy atom. The first-order valence-electron chi connectivity index (χ1n) is 5.74. The third-order valence-corrected chi connectivity index (χ3v) is 3.21. The maximum atomic E-state index is 12.1. The molecule has 7 nitrogen and oxygen atoms in total. The highest BCUT2D eigenvalue weighted by atomic mass is 16.5. The van der Waals surface area contributed by atoms with Crippen molar-refractivity contribution in [1.82, 2.24) is 9.80 Å². The second-order valence-corrected chi connectivity index (χ2v) is 4.28. The Balaban J connectivity index is 2.76. The molecule has 7 heteroatoms. The maximum absolute atomic E-state index is 12.1. The van der Waals surface area contributed by atoms with Crippen LogP contribution in [-0.4, -0.2) is 65.7 Å².